The summed E-state index contributed by atoms with van der Waals surface area (Å²) in [6.07, 6.45) is 4.17. The molecule has 2 aromatic heterocycles. The van der Waals surface area contributed by atoms with Crippen LogP contribution in [0.3, 0.4) is 0 Å². The molecule has 3 aromatic rings. The molecule has 0 aliphatic rings. The monoisotopic (exact) mass is 360 g/mol. The van der Waals surface area contributed by atoms with Crippen LogP contribution in [0.25, 0.3) is 11.3 Å². The Morgan fingerprint density at radius 1 is 1.20 bits per heavy atom. The smallest absolute Gasteiger partial charge is 0.269 e. The molecule has 25 heavy (non-hydrogen) atoms. The van der Waals surface area contributed by atoms with Crippen molar-refractivity contribution in [1.29, 1.82) is 0 Å². The molecule has 2 heterocycles. The van der Waals surface area contributed by atoms with E-state index in [-0.39, 0.29) is 27.5 Å². The highest BCUT2D eigenvalue weighted by molar-refractivity contribution is 7.90. The van der Waals surface area contributed by atoms with E-state index in [1.54, 1.807) is 6.07 Å². The van der Waals surface area contributed by atoms with Crippen molar-refractivity contribution in [2.75, 3.05) is 7.11 Å². The molecule has 0 fully saturated rings. The Morgan fingerprint density at radius 2 is 1.96 bits per heavy atom. The number of pyridine rings is 1. The number of hydrogen-bond acceptors (Lipinski definition) is 5. The molecule has 0 spiro atoms. The van der Waals surface area contributed by atoms with Crippen LogP contribution in [0, 0.1) is 5.82 Å². The fourth-order valence-electron chi connectivity index (χ4n) is 2.48. The van der Waals surface area contributed by atoms with Gasteiger partial charge in [-0.15, -0.1) is 0 Å². The van der Waals surface area contributed by atoms with Crippen molar-refractivity contribution in [3.8, 4) is 17.0 Å². The predicted octanol–water partition coefficient (Wildman–Crippen LogP) is 2.75. The van der Waals surface area contributed by atoms with Gasteiger partial charge in [0.05, 0.1) is 12.7 Å². The summed E-state index contributed by atoms with van der Waals surface area (Å²) < 4.78 is 46.3. The number of carbonyl (C=O) groups is 1. The minimum Gasteiger partial charge on any atom is -0.494 e. The number of methoxy groups -OCH3 is 1. The maximum absolute atomic E-state index is 14.3. The molecule has 0 amide bonds. The Balaban J connectivity index is 2.37. The van der Waals surface area contributed by atoms with E-state index in [9.17, 15) is 17.6 Å². The average Bonchev–Trinajstić information content (AvgIpc) is 3.02. The summed E-state index contributed by atoms with van der Waals surface area (Å²) in [5, 5.41) is 0. The van der Waals surface area contributed by atoms with Crippen molar-refractivity contribution in [1.82, 2.24) is 8.96 Å². The molecule has 0 radical (unpaired) electrons. The molecule has 8 heteroatoms. The summed E-state index contributed by atoms with van der Waals surface area (Å²) in [5.74, 6) is -0.661. The molecule has 0 saturated carbocycles. The standard InChI is InChI=1S/C17H13FN2O4S/c1-24-17-12(11-21)10-20(16(17)14-6-2-3-7-15(14)18)25(22,23)13-5-4-8-19-9-13/h2-11H,1H3. The van der Waals surface area contributed by atoms with E-state index < -0.39 is 15.8 Å². The number of ether oxygens (including phenoxy) is 1. The van der Waals surface area contributed by atoms with Gasteiger partial charge in [0.1, 0.15) is 16.4 Å². The van der Waals surface area contributed by atoms with E-state index in [1.807, 2.05) is 0 Å². The normalized spacial score (nSPS) is 11.3. The average molecular weight is 360 g/mol. The van der Waals surface area contributed by atoms with Crippen molar-refractivity contribution in [2.45, 2.75) is 4.90 Å². The summed E-state index contributed by atoms with van der Waals surface area (Å²) in [6.45, 7) is 0. The molecule has 0 N–H and O–H groups in total. The Labute approximate surface area is 143 Å². The number of aromatic nitrogens is 2. The van der Waals surface area contributed by atoms with Gasteiger partial charge < -0.3 is 4.74 Å². The Morgan fingerprint density at radius 3 is 2.56 bits per heavy atom. The third kappa shape index (κ3) is 2.80. The number of carbonyl (C=O) groups excluding carboxylic acids is 1. The van der Waals surface area contributed by atoms with Crippen molar-refractivity contribution in [3.63, 3.8) is 0 Å². The fraction of sp³-hybridized carbons (Fsp3) is 0.0588. The maximum Gasteiger partial charge on any atom is 0.269 e. The van der Waals surface area contributed by atoms with Crippen LogP contribution in [0.5, 0.6) is 5.75 Å². The van der Waals surface area contributed by atoms with Gasteiger partial charge in [-0.2, -0.15) is 0 Å². The van der Waals surface area contributed by atoms with Gasteiger partial charge in [-0.25, -0.2) is 16.8 Å². The molecule has 0 atom stereocenters. The molecule has 0 bridgehead atoms. The highest BCUT2D eigenvalue weighted by atomic mass is 32.2. The minimum absolute atomic E-state index is 0.0000784. The highest BCUT2D eigenvalue weighted by Crippen LogP contribution is 2.37. The molecule has 0 aliphatic heterocycles. The van der Waals surface area contributed by atoms with Crippen LogP contribution in [0.15, 0.2) is 59.9 Å². The van der Waals surface area contributed by atoms with Gasteiger partial charge >= 0.3 is 0 Å². The number of rotatable bonds is 5. The minimum atomic E-state index is -4.11. The summed E-state index contributed by atoms with van der Waals surface area (Å²) >= 11 is 0. The molecule has 3 rings (SSSR count). The van der Waals surface area contributed by atoms with E-state index >= 15 is 0 Å². The Bertz CT molecular complexity index is 1030. The zero-order chi connectivity index (χ0) is 18.0. The topological polar surface area (TPSA) is 78.3 Å². The molecule has 6 nitrogen and oxygen atoms in total. The second-order valence-corrected chi connectivity index (χ2v) is 6.87. The van der Waals surface area contributed by atoms with Crippen LogP contribution in [0.4, 0.5) is 4.39 Å². The summed E-state index contributed by atoms with van der Waals surface area (Å²) in [6, 6.07) is 8.49. The molecule has 0 saturated heterocycles. The maximum atomic E-state index is 14.3. The first-order valence-corrected chi connectivity index (χ1v) is 8.59. The van der Waals surface area contributed by atoms with Crippen molar-refractivity contribution < 1.29 is 22.3 Å². The Kier molecular flexibility index (Phi) is 4.37. The van der Waals surface area contributed by atoms with Crippen molar-refractivity contribution >= 4 is 16.3 Å². The highest BCUT2D eigenvalue weighted by Gasteiger charge is 2.28. The second-order valence-electron chi connectivity index (χ2n) is 5.05. The quantitative estimate of drug-likeness (QED) is 0.654. The molecule has 128 valence electrons. The van der Waals surface area contributed by atoms with Gasteiger partial charge in [0.2, 0.25) is 0 Å². The molecule has 1 aromatic carbocycles. The van der Waals surface area contributed by atoms with Gasteiger partial charge in [0.25, 0.3) is 10.0 Å². The van der Waals surface area contributed by atoms with E-state index in [4.69, 9.17) is 4.74 Å². The van der Waals surface area contributed by atoms with Crippen LogP contribution in [-0.2, 0) is 10.0 Å². The van der Waals surface area contributed by atoms with Gasteiger partial charge in [-0.05, 0) is 24.3 Å². The first-order chi connectivity index (χ1) is 12.0. The summed E-state index contributed by atoms with van der Waals surface area (Å²) in [5.41, 5.74) is -0.0697. The zero-order valence-corrected chi connectivity index (χ0v) is 13.9. The Hall–Kier alpha value is -3.00. The van der Waals surface area contributed by atoms with E-state index in [1.165, 1.54) is 49.8 Å². The predicted molar refractivity (Wildman–Crippen MR) is 88.6 cm³/mol. The lowest BCUT2D eigenvalue weighted by molar-refractivity contribution is 0.112. The number of halogens is 1. The van der Waals surface area contributed by atoms with Gasteiger partial charge in [0, 0.05) is 24.2 Å². The van der Waals surface area contributed by atoms with Crippen LogP contribution >= 0.6 is 0 Å². The van der Waals surface area contributed by atoms with E-state index in [0.717, 1.165) is 10.2 Å². The van der Waals surface area contributed by atoms with Crippen LogP contribution in [-0.4, -0.2) is 30.8 Å². The summed E-state index contributed by atoms with van der Waals surface area (Å²) in [4.78, 5) is 15.0. The van der Waals surface area contributed by atoms with E-state index in [0.29, 0.717) is 6.29 Å². The van der Waals surface area contributed by atoms with Gasteiger partial charge in [-0.1, -0.05) is 12.1 Å². The van der Waals surface area contributed by atoms with Crippen LogP contribution in [0.1, 0.15) is 10.4 Å². The second kappa shape index (κ2) is 6.48. The third-order valence-corrected chi connectivity index (χ3v) is 5.25. The number of nitrogens with zero attached hydrogens (tertiary/aromatic N) is 2. The van der Waals surface area contributed by atoms with Gasteiger partial charge in [-0.3, -0.25) is 9.78 Å². The third-order valence-electron chi connectivity index (χ3n) is 3.61. The SMILES string of the molecule is COc1c(C=O)cn(S(=O)(=O)c2cccnc2)c1-c1ccccc1F. The zero-order valence-electron chi connectivity index (χ0n) is 13.1. The lowest BCUT2D eigenvalue weighted by Crippen LogP contribution is -2.14. The first-order valence-electron chi connectivity index (χ1n) is 7.15. The van der Waals surface area contributed by atoms with Crippen molar-refractivity contribution in [3.05, 3.63) is 66.4 Å². The molecule has 0 unspecified atom stereocenters. The summed E-state index contributed by atoms with van der Waals surface area (Å²) in [7, 11) is -2.82. The first kappa shape index (κ1) is 16.8. The van der Waals surface area contributed by atoms with Gasteiger partial charge in [0.15, 0.2) is 12.0 Å². The molecule has 0 aliphatic carbocycles. The largest absolute Gasteiger partial charge is 0.494 e. The van der Waals surface area contributed by atoms with Crippen LogP contribution in [0.2, 0.25) is 0 Å². The van der Waals surface area contributed by atoms with Crippen LogP contribution < -0.4 is 4.74 Å². The fourth-order valence-corrected chi connectivity index (χ4v) is 3.83. The number of aldehydes is 1. The van der Waals surface area contributed by atoms with Crippen molar-refractivity contribution in [2.24, 2.45) is 0 Å². The number of benzene rings is 1. The lowest BCUT2D eigenvalue weighted by atomic mass is 10.1. The molecular formula is C17H13FN2O4S. The lowest BCUT2D eigenvalue weighted by Gasteiger charge is -2.12. The number of hydrogen-bond donors (Lipinski definition) is 0. The molecular weight excluding hydrogens is 347 g/mol. The van der Waals surface area contributed by atoms with E-state index in [2.05, 4.69) is 4.98 Å².